The summed E-state index contributed by atoms with van der Waals surface area (Å²) >= 11 is 5.11. The van der Waals surface area contributed by atoms with Crippen molar-refractivity contribution < 1.29 is 4.39 Å². The lowest BCUT2D eigenvalue weighted by molar-refractivity contribution is 0.591. The molecule has 0 aliphatic rings. The SMILES string of the molecule is CCSCC(C)NCc1ccc(F)c(Br)c1. The van der Waals surface area contributed by atoms with Gasteiger partial charge in [-0.1, -0.05) is 13.0 Å². The molecular weight excluding hydrogens is 289 g/mol. The zero-order valence-electron chi connectivity index (χ0n) is 9.59. The van der Waals surface area contributed by atoms with E-state index in [0.717, 1.165) is 23.6 Å². The maximum absolute atomic E-state index is 13.0. The van der Waals surface area contributed by atoms with Crippen LogP contribution in [0.1, 0.15) is 19.4 Å². The summed E-state index contributed by atoms with van der Waals surface area (Å²) < 4.78 is 13.5. The predicted molar refractivity (Wildman–Crippen MR) is 73.4 cm³/mol. The monoisotopic (exact) mass is 305 g/mol. The second kappa shape index (κ2) is 7.30. The highest BCUT2D eigenvalue weighted by molar-refractivity contribution is 9.10. The summed E-state index contributed by atoms with van der Waals surface area (Å²) in [5.74, 6) is 2.05. The summed E-state index contributed by atoms with van der Waals surface area (Å²) in [6.07, 6.45) is 0. The Morgan fingerprint density at radius 2 is 2.25 bits per heavy atom. The topological polar surface area (TPSA) is 12.0 Å². The molecule has 4 heteroatoms. The predicted octanol–water partition coefficient (Wildman–Crippen LogP) is 3.82. The molecule has 0 amide bonds. The van der Waals surface area contributed by atoms with E-state index in [-0.39, 0.29) is 5.82 Å². The van der Waals surface area contributed by atoms with E-state index in [9.17, 15) is 4.39 Å². The lowest BCUT2D eigenvalue weighted by Gasteiger charge is -2.13. The first-order valence-corrected chi connectivity index (χ1v) is 7.33. The van der Waals surface area contributed by atoms with Crippen LogP contribution < -0.4 is 5.32 Å². The molecule has 0 heterocycles. The first-order valence-electron chi connectivity index (χ1n) is 5.38. The zero-order valence-corrected chi connectivity index (χ0v) is 12.0. The molecule has 1 nitrogen and oxygen atoms in total. The summed E-state index contributed by atoms with van der Waals surface area (Å²) in [6.45, 7) is 5.11. The van der Waals surface area contributed by atoms with E-state index in [4.69, 9.17) is 0 Å². The van der Waals surface area contributed by atoms with Gasteiger partial charge < -0.3 is 5.32 Å². The molecule has 0 saturated heterocycles. The van der Waals surface area contributed by atoms with Crippen molar-refractivity contribution in [3.05, 3.63) is 34.1 Å². The van der Waals surface area contributed by atoms with Crippen LogP contribution in [-0.2, 0) is 6.54 Å². The molecule has 0 aliphatic heterocycles. The van der Waals surface area contributed by atoms with Gasteiger partial charge in [0.1, 0.15) is 5.82 Å². The van der Waals surface area contributed by atoms with Crippen LogP contribution in [0.3, 0.4) is 0 Å². The van der Waals surface area contributed by atoms with Gasteiger partial charge >= 0.3 is 0 Å². The van der Waals surface area contributed by atoms with Crippen molar-refractivity contribution in [2.75, 3.05) is 11.5 Å². The Labute approximate surface area is 109 Å². The molecular formula is C12H17BrFNS. The number of benzene rings is 1. The molecule has 0 aromatic heterocycles. The van der Waals surface area contributed by atoms with Gasteiger partial charge in [-0.15, -0.1) is 0 Å². The van der Waals surface area contributed by atoms with Crippen LogP contribution in [0.25, 0.3) is 0 Å². The third-order valence-electron chi connectivity index (χ3n) is 2.21. The highest BCUT2D eigenvalue weighted by atomic mass is 79.9. The van der Waals surface area contributed by atoms with E-state index < -0.39 is 0 Å². The highest BCUT2D eigenvalue weighted by Crippen LogP contribution is 2.16. The van der Waals surface area contributed by atoms with Crippen molar-refractivity contribution in [3.63, 3.8) is 0 Å². The number of hydrogen-bond acceptors (Lipinski definition) is 2. The smallest absolute Gasteiger partial charge is 0.137 e. The van der Waals surface area contributed by atoms with Crippen LogP contribution in [-0.4, -0.2) is 17.5 Å². The number of halogens is 2. The van der Waals surface area contributed by atoms with Gasteiger partial charge in [0.2, 0.25) is 0 Å². The molecule has 0 radical (unpaired) electrons. The molecule has 1 aromatic rings. The van der Waals surface area contributed by atoms with Crippen molar-refractivity contribution in [2.24, 2.45) is 0 Å². The lowest BCUT2D eigenvalue weighted by atomic mass is 10.2. The van der Waals surface area contributed by atoms with E-state index >= 15 is 0 Å². The number of nitrogens with one attached hydrogen (secondary N) is 1. The highest BCUT2D eigenvalue weighted by Gasteiger charge is 2.03. The summed E-state index contributed by atoms with van der Waals surface area (Å²) in [6, 6.07) is 5.61. The normalized spacial score (nSPS) is 12.8. The molecule has 1 aromatic carbocycles. The molecule has 0 fully saturated rings. The van der Waals surface area contributed by atoms with Crippen molar-refractivity contribution >= 4 is 27.7 Å². The Hall–Kier alpha value is -0.0600. The maximum atomic E-state index is 13.0. The fraction of sp³-hybridized carbons (Fsp3) is 0.500. The lowest BCUT2D eigenvalue weighted by Crippen LogP contribution is -2.27. The average molecular weight is 306 g/mol. The van der Waals surface area contributed by atoms with Gasteiger partial charge in [-0.3, -0.25) is 0 Å². The van der Waals surface area contributed by atoms with Crippen LogP contribution in [0.4, 0.5) is 4.39 Å². The maximum Gasteiger partial charge on any atom is 0.137 e. The van der Waals surface area contributed by atoms with Crippen LogP contribution in [0, 0.1) is 5.82 Å². The van der Waals surface area contributed by atoms with Gasteiger partial charge in [0.15, 0.2) is 0 Å². The van der Waals surface area contributed by atoms with E-state index in [1.54, 1.807) is 0 Å². The number of hydrogen-bond donors (Lipinski definition) is 1. The first kappa shape index (κ1) is 14.0. The van der Waals surface area contributed by atoms with Crippen molar-refractivity contribution in [1.29, 1.82) is 0 Å². The molecule has 0 bridgehead atoms. The summed E-state index contributed by atoms with van der Waals surface area (Å²) in [5.41, 5.74) is 1.10. The summed E-state index contributed by atoms with van der Waals surface area (Å²) in [4.78, 5) is 0. The van der Waals surface area contributed by atoms with Gasteiger partial charge in [0.25, 0.3) is 0 Å². The van der Waals surface area contributed by atoms with E-state index in [2.05, 4.69) is 35.1 Å². The molecule has 16 heavy (non-hydrogen) atoms. The molecule has 1 N–H and O–H groups in total. The van der Waals surface area contributed by atoms with Gasteiger partial charge in [-0.05, 0) is 46.3 Å². The minimum Gasteiger partial charge on any atom is -0.309 e. The van der Waals surface area contributed by atoms with Crippen LogP contribution in [0.15, 0.2) is 22.7 Å². The molecule has 1 atom stereocenters. The van der Waals surface area contributed by atoms with Crippen molar-refractivity contribution in [2.45, 2.75) is 26.4 Å². The van der Waals surface area contributed by atoms with E-state index in [1.807, 2.05) is 23.9 Å². The quantitative estimate of drug-likeness (QED) is 0.857. The minimum absolute atomic E-state index is 0.210. The van der Waals surface area contributed by atoms with Crippen molar-refractivity contribution in [3.8, 4) is 0 Å². The standard InChI is InChI=1S/C12H17BrFNS/c1-3-16-8-9(2)15-7-10-4-5-12(14)11(13)6-10/h4-6,9,15H,3,7-8H2,1-2H3. The molecule has 0 spiro atoms. The van der Waals surface area contributed by atoms with Crippen molar-refractivity contribution in [1.82, 2.24) is 5.32 Å². The molecule has 0 saturated carbocycles. The number of rotatable bonds is 6. The summed E-state index contributed by atoms with van der Waals surface area (Å²) in [5, 5.41) is 3.42. The van der Waals surface area contributed by atoms with Gasteiger partial charge in [-0.2, -0.15) is 11.8 Å². The fourth-order valence-corrected chi connectivity index (χ4v) is 2.43. The van der Waals surface area contributed by atoms with Gasteiger partial charge in [0, 0.05) is 18.3 Å². The minimum atomic E-state index is -0.210. The second-order valence-corrected chi connectivity index (χ2v) is 5.86. The first-order chi connectivity index (χ1) is 7.63. The van der Waals surface area contributed by atoms with E-state index in [0.29, 0.717) is 10.5 Å². The zero-order chi connectivity index (χ0) is 12.0. The Kier molecular flexibility index (Phi) is 6.39. The van der Waals surface area contributed by atoms with Gasteiger partial charge in [-0.25, -0.2) is 4.39 Å². The van der Waals surface area contributed by atoms with Gasteiger partial charge in [0.05, 0.1) is 4.47 Å². The average Bonchev–Trinajstić information content (AvgIpc) is 2.28. The number of thioether (sulfide) groups is 1. The molecule has 1 unspecified atom stereocenters. The third-order valence-corrected chi connectivity index (χ3v) is 3.96. The van der Waals surface area contributed by atoms with Crippen LogP contribution >= 0.6 is 27.7 Å². The fourth-order valence-electron chi connectivity index (χ4n) is 1.30. The molecule has 1 rings (SSSR count). The molecule has 90 valence electrons. The Morgan fingerprint density at radius 3 is 2.88 bits per heavy atom. The largest absolute Gasteiger partial charge is 0.309 e. The second-order valence-electron chi connectivity index (χ2n) is 3.69. The Morgan fingerprint density at radius 1 is 1.50 bits per heavy atom. The Balaban J connectivity index is 2.39. The van der Waals surface area contributed by atoms with Crippen LogP contribution in [0.5, 0.6) is 0 Å². The molecule has 0 aliphatic carbocycles. The third kappa shape index (κ3) is 4.85. The van der Waals surface area contributed by atoms with E-state index in [1.165, 1.54) is 6.07 Å². The Bertz CT molecular complexity index is 333. The summed E-state index contributed by atoms with van der Waals surface area (Å²) in [7, 11) is 0. The van der Waals surface area contributed by atoms with Crippen LogP contribution in [0.2, 0.25) is 0 Å².